The summed E-state index contributed by atoms with van der Waals surface area (Å²) in [6, 6.07) is 0.982. The maximum Gasteiger partial charge on any atom is 0.234 e. The Morgan fingerprint density at radius 3 is 2.60 bits per heavy atom. The van der Waals surface area contributed by atoms with Gasteiger partial charge < -0.3 is 10.8 Å². The van der Waals surface area contributed by atoms with Crippen LogP contribution < -0.4 is 5.73 Å². The number of carbonyl (C=O) groups excluding carboxylic acids is 1. The molecular weight excluding hydrogens is 254 g/mol. The van der Waals surface area contributed by atoms with E-state index < -0.39 is 0 Å². The summed E-state index contributed by atoms with van der Waals surface area (Å²) in [5.41, 5.74) is 5.50. The van der Waals surface area contributed by atoms with Crippen molar-refractivity contribution in [2.24, 2.45) is 5.73 Å². The third-order valence-electron chi connectivity index (χ3n) is 5.28. The largest absolute Gasteiger partial charge is 0.393 e. The second-order valence-corrected chi connectivity index (χ2v) is 6.52. The highest BCUT2D eigenvalue weighted by Gasteiger charge is 2.40. The highest BCUT2D eigenvalue weighted by molar-refractivity contribution is 5.80. The lowest BCUT2D eigenvalue weighted by atomic mass is 9.99. The Bertz CT molecular complexity index is 349. The number of carbonyl (C=O) groups is 1. The Balaban J connectivity index is 1.55. The van der Waals surface area contributed by atoms with Gasteiger partial charge in [-0.1, -0.05) is 0 Å². The van der Waals surface area contributed by atoms with Crippen LogP contribution in [0.5, 0.6) is 0 Å². The van der Waals surface area contributed by atoms with E-state index in [4.69, 9.17) is 5.73 Å². The molecule has 0 aromatic carbocycles. The van der Waals surface area contributed by atoms with Gasteiger partial charge in [0.2, 0.25) is 5.91 Å². The molecule has 0 aromatic heterocycles. The minimum atomic E-state index is -0.196. The van der Waals surface area contributed by atoms with Crippen molar-refractivity contribution < 1.29 is 9.90 Å². The fraction of sp³-hybridized carbons (Fsp3) is 0.867. The molecule has 5 nitrogen and oxygen atoms in total. The molecular formula is C15H26N3O2. The Morgan fingerprint density at radius 2 is 1.95 bits per heavy atom. The van der Waals surface area contributed by atoms with Crippen molar-refractivity contribution in [3.63, 3.8) is 0 Å². The molecule has 3 aliphatic rings. The van der Waals surface area contributed by atoms with Crippen molar-refractivity contribution in [1.29, 1.82) is 0 Å². The molecule has 1 amide bonds. The van der Waals surface area contributed by atoms with Crippen LogP contribution in [0.3, 0.4) is 0 Å². The number of hydrogen-bond acceptors (Lipinski definition) is 4. The highest BCUT2D eigenvalue weighted by atomic mass is 16.3. The fourth-order valence-electron chi connectivity index (χ4n) is 4.26. The van der Waals surface area contributed by atoms with Gasteiger partial charge in [-0.15, -0.1) is 0 Å². The second-order valence-electron chi connectivity index (χ2n) is 6.52. The van der Waals surface area contributed by atoms with E-state index in [1.165, 1.54) is 12.8 Å². The van der Waals surface area contributed by atoms with Gasteiger partial charge in [-0.3, -0.25) is 14.6 Å². The van der Waals surface area contributed by atoms with Crippen LogP contribution in [0.25, 0.3) is 0 Å². The number of likely N-dealkylation sites (tertiary alicyclic amines) is 1. The van der Waals surface area contributed by atoms with Crippen LogP contribution >= 0.6 is 0 Å². The SMILES string of the molecule is NC(=O)C1C[CH]CCN1CCN1[C@@H]2CC[C@H]1C[C@@H](O)C2. The van der Waals surface area contributed by atoms with E-state index in [0.717, 1.165) is 45.3 Å². The van der Waals surface area contributed by atoms with Crippen LogP contribution in [-0.4, -0.2) is 64.7 Å². The normalized spacial score (nSPS) is 39.0. The smallest absolute Gasteiger partial charge is 0.234 e. The van der Waals surface area contributed by atoms with Crippen LogP contribution in [0.15, 0.2) is 0 Å². The summed E-state index contributed by atoms with van der Waals surface area (Å²) in [4.78, 5) is 16.3. The van der Waals surface area contributed by atoms with Crippen LogP contribution in [0.4, 0.5) is 0 Å². The molecule has 3 heterocycles. The molecule has 1 unspecified atom stereocenters. The summed E-state index contributed by atoms with van der Waals surface area (Å²) in [5, 5.41) is 9.84. The first-order valence-electron chi connectivity index (χ1n) is 7.94. The predicted octanol–water partition coefficient (Wildman–Crippen LogP) is 0.128. The zero-order chi connectivity index (χ0) is 14.1. The fourth-order valence-corrected chi connectivity index (χ4v) is 4.26. The van der Waals surface area contributed by atoms with Crippen LogP contribution in [0, 0.1) is 6.42 Å². The number of amides is 1. The van der Waals surface area contributed by atoms with Crippen LogP contribution in [0.1, 0.15) is 38.5 Å². The maximum absolute atomic E-state index is 11.5. The van der Waals surface area contributed by atoms with Gasteiger partial charge in [0.25, 0.3) is 0 Å². The zero-order valence-electron chi connectivity index (χ0n) is 12.1. The number of nitrogens with zero attached hydrogens (tertiary/aromatic N) is 2. The van der Waals surface area contributed by atoms with Gasteiger partial charge in [0.15, 0.2) is 0 Å². The second kappa shape index (κ2) is 6.00. The van der Waals surface area contributed by atoms with Gasteiger partial charge in [-0.05, 0) is 51.5 Å². The minimum absolute atomic E-state index is 0.105. The molecule has 3 saturated heterocycles. The van der Waals surface area contributed by atoms with E-state index in [1.807, 2.05) is 0 Å². The molecule has 4 atom stereocenters. The quantitative estimate of drug-likeness (QED) is 0.768. The summed E-state index contributed by atoms with van der Waals surface area (Å²) in [7, 11) is 0. The number of primary amides is 1. The van der Waals surface area contributed by atoms with E-state index in [9.17, 15) is 9.90 Å². The summed E-state index contributed by atoms with van der Waals surface area (Å²) in [6.45, 7) is 2.87. The molecule has 0 saturated carbocycles. The van der Waals surface area contributed by atoms with Crippen LogP contribution in [0.2, 0.25) is 0 Å². The Labute approximate surface area is 121 Å². The topological polar surface area (TPSA) is 69.8 Å². The summed E-state index contributed by atoms with van der Waals surface area (Å²) >= 11 is 0. The Hall–Kier alpha value is -0.650. The number of aliphatic hydroxyl groups excluding tert-OH is 1. The standard InChI is InChI=1S/C15H26N3O2/c16-15(20)14-3-1-2-6-17(14)7-8-18-11-4-5-12(18)10-13(19)9-11/h1,11-14,19H,2-10H2,(H2,16,20)/t11-,12+,13+,14?. The number of aliphatic hydroxyl groups is 1. The molecule has 20 heavy (non-hydrogen) atoms. The third kappa shape index (κ3) is 2.85. The van der Waals surface area contributed by atoms with Crippen molar-refractivity contribution in [3.8, 4) is 0 Å². The van der Waals surface area contributed by atoms with Gasteiger partial charge in [-0.25, -0.2) is 0 Å². The average Bonchev–Trinajstić information content (AvgIpc) is 2.67. The van der Waals surface area contributed by atoms with Crippen molar-refractivity contribution in [1.82, 2.24) is 9.80 Å². The molecule has 3 fully saturated rings. The summed E-state index contributed by atoms with van der Waals surface area (Å²) in [6.07, 6.45) is 8.19. The molecule has 3 N–H and O–H groups in total. The summed E-state index contributed by atoms with van der Waals surface area (Å²) in [5.74, 6) is -0.196. The van der Waals surface area contributed by atoms with Crippen molar-refractivity contribution in [2.45, 2.75) is 62.8 Å². The molecule has 0 aromatic rings. The number of fused-ring (bicyclic) bond motifs is 2. The first-order valence-corrected chi connectivity index (χ1v) is 7.94. The summed E-state index contributed by atoms with van der Waals surface area (Å²) < 4.78 is 0. The molecule has 0 spiro atoms. The molecule has 0 aliphatic carbocycles. The lowest BCUT2D eigenvalue weighted by Crippen LogP contribution is -2.52. The Kier molecular flexibility index (Phi) is 4.29. The van der Waals surface area contributed by atoms with Gasteiger partial charge in [0.1, 0.15) is 0 Å². The zero-order valence-corrected chi connectivity index (χ0v) is 12.1. The highest BCUT2D eigenvalue weighted by Crippen LogP contribution is 2.35. The number of hydrogen-bond donors (Lipinski definition) is 2. The number of piperidine rings is 2. The maximum atomic E-state index is 11.5. The molecule has 2 bridgehead atoms. The molecule has 3 aliphatic heterocycles. The van der Waals surface area contributed by atoms with E-state index in [-0.39, 0.29) is 18.1 Å². The van der Waals surface area contributed by atoms with E-state index >= 15 is 0 Å². The van der Waals surface area contributed by atoms with E-state index in [0.29, 0.717) is 12.1 Å². The van der Waals surface area contributed by atoms with Crippen molar-refractivity contribution in [3.05, 3.63) is 6.42 Å². The Morgan fingerprint density at radius 1 is 1.25 bits per heavy atom. The number of nitrogens with two attached hydrogens (primary N) is 1. The molecule has 5 heteroatoms. The first kappa shape index (κ1) is 14.3. The van der Waals surface area contributed by atoms with Gasteiger partial charge in [0.05, 0.1) is 12.1 Å². The lowest BCUT2D eigenvalue weighted by Gasteiger charge is -2.40. The average molecular weight is 280 g/mol. The monoisotopic (exact) mass is 280 g/mol. The number of rotatable bonds is 4. The van der Waals surface area contributed by atoms with Crippen molar-refractivity contribution >= 4 is 5.91 Å². The molecule has 1 radical (unpaired) electrons. The van der Waals surface area contributed by atoms with Crippen LogP contribution in [-0.2, 0) is 4.79 Å². The van der Waals surface area contributed by atoms with Gasteiger partial charge in [-0.2, -0.15) is 0 Å². The van der Waals surface area contributed by atoms with Crippen molar-refractivity contribution in [2.75, 3.05) is 19.6 Å². The van der Waals surface area contributed by atoms with Gasteiger partial charge in [0, 0.05) is 25.2 Å². The lowest BCUT2D eigenvalue weighted by molar-refractivity contribution is -0.124. The third-order valence-corrected chi connectivity index (χ3v) is 5.28. The minimum Gasteiger partial charge on any atom is -0.393 e. The molecule has 113 valence electrons. The predicted molar refractivity (Wildman–Crippen MR) is 76.8 cm³/mol. The van der Waals surface area contributed by atoms with E-state index in [1.54, 1.807) is 0 Å². The molecule has 3 rings (SSSR count). The van der Waals surface area contributed by atoms with Gasteiger partial charge >= 0.3 is 0 Å². The van der Waals surface area contributed by atoms with E-state index in [2.05, 4.69) is 16.2 Å². The first-order chi connectivity index (χ1) is 9.65.